The van der Waals surface area contributed by atoms with Gasteiger partial charge >= 0.3 is 0 Å². The van der Waals surface area contributed by atoms with Crippen LogP contribution in [0, 0.1) is 0 Å². The average Bonchev–Trinajstić information content (AvgIpc) is 3.17. The number of ether oxygens (including phenoxy) is 1. The van der Waals surface area contributed by atoms with Crippen LogP contribution in [0.15, 0.2) is 47.1 Å². The summed E-state index contributed by atoms with van der Waals surface area (Å²) in [4.78, 5) is 12.2. The molecule has 0 radical (unpaired) electrons. The standard InChI is InChI=1S/C16H17NO3/c18-16(17-11-13-7-4-9-19-13)15-14(8-10-20-15)12-5-2-1-3-6-12/h1-3,5-6,8,10,13H,4,7,9,11H2,(H,17,18)/t13-/m1/s1. The first-order valence-electron chi connectivity index (χ1n) is 6.87. The Kier molecular flexibility index (Phi) is 3.83. The van der Waals surface area contributed by atoms with Crippen molar-refractivity contribution in [2.45, 2.75) is 18.9 Å². The molecule has 20 heavy (non-hydrogen) atoms. The van der Waals surface area contributed by atoms with Gasteiger partial charge in [0.05, 0.1) is 12.4 Å². The molecule has 0 aliphatic carbocycles. The van der Waals surface area contributed by atoms with Crippen molar-refractivity contribution in [3.63, 3.8) is 0 Å². The van der Waals surface area contributed by atoms with E-state index in [1.54, 1.807) is 6.26 Å². The second-order valence-corrected chi connectivity index (χ2v) is 4.87. The molecule has 1 saturated heterocycles. The van der Waals surface area contributed by atoms with Gasteiger partial charge in [-0.05, 0) is 24.5 Å². The van der Waals surface area contributed by atoms with E-state index in [2.05, 4.69) is 5.32 Å². The minimum atomic E-state index is -0.190. The summed E-state index contributed by atoms with van der Waals surface area (Å²) >= 11 is 0. The van der Waals surface area contributed by atoms with Crippen LogP contribution in [0.5, 0.6) is 0 Å². The van der Waals surface area contributed by atoms with E-state index in [0.29, 0.717) is 12.3 Å². The SMILES string of the molecule is O=C(NC[C@H]1CCCO1)c1occc1-c1ccccc1. The predicted octanol–water partition coefficient (Wildman–Crippen LogP) is 2.86. The van der Waals surface area contributed by atoms with Crippen LogP contribution >= 0.6 is 0 Å². The number of nitrogens with one attached hydrogen (secondary N) is 1. The van der Waals surface area contributed by atoms with Crippen LogP contribution in [0.25, 0.3) is 11.1 Å². The van der Waals surface area contributed by atoms with Crippen molar-refractivity contribution in [2.24, 2.45) is 0 Å². The van der Waals surface area contributed by atoms with Crippen LogP contribution in [0.1, 0.15) is 23.4 Å². The van der Waals surface area contributed by atoms with Gasteiger partial charge in [0, 0.05) is 18.7 Å². The van der Waals surface area contributed by atoms with E-state index in [1.165, 1.54) is 0 Å². The largest absolute Gasteiger partial charge is 0.459 e. The minimum Gasteiger partial charge on any atom is -0.459 e. The molecule has 0 saturated carbocycles. The molecule has 4 nitrogen and oxygen atoms in total. The van der Waals surface area contributed by atoms with Gasteiger partial charge in [0.15, 0.2) is 5.76 Å². The van der Waals surface area contributed by atoms with Crippen LogP contribution in [0.4, 0.5) is 0 Å². The maximum absolute atomic E-state index is 12.2. The highest BCUT2D eigenvalue weighted by Crippen LogP contribution is 2.24. The molecule has 0 bridgehead atoms. The number of rotatable bonds is 4. The van der Waals surface area contributed by atoms with Crippen LogP contribution in [-0.4, -0.2) is 25.2 Å². The summed E-state index contributed by atoms with van der Waals surface area (Å²) in [5, 5.41) is 2.88. The Morgan fingerprint density at radius 3 is 2.85 bits per heavy atom. The van der Waals surface area contributed by atoms with Crippen molar-refractivity contribution in [2.75, 3.05) is 13.2 Å². The zero-order valence-electron chi connectivity index (χ0n) is 11.2. The van der Waals surface area contributed by atoms with Crippen LogP contribution in [0.3, 0.4) is 0 Å². The number of furan rings is 1. The fourth-order valence-corrected chi connectivity index (χ4v) is 2.42. The number of benzene rings is 1. The van der Waals surface area contributed by atoms with Crippen molar-refractivity contribution in [3.05, 3.63) is 48.4 Å². The Hall–Kier alpha value is -2.07. The molecule has 4 heteroatoms. The Morgan fingerprint density at radius 2 is 2.10 bits per heavy atom. The van der Waals surface area contributed by atoms with Crippen LogP contribution in [0.2, 0.25) is 0 Å². The van der Waals surface area contributed by atoms with Crippen molar-refractivity contribution in [1.82, 2.24) is 5.32 Å². The first-order chi connectivity index (χ1) is 9.84. The molecule has 0 spiro atoms. The van der Waals surface area contributed by atoms with E-state index in [1.807, 2.05) is 36.4 Å². The molecular weight excluding hydrogens is 254 g/mol. The van der Waals surface area contributed by atoms with Gasteiger partial charge in [-0.2, -0.15) is 0 Å². The molecule has 1 aliphatic rings. The Morgan fingerprint density at radius 1 is 1.25 bits per heavy atom. The highest BCUT2D eigenvalue weighted by Gasteiger charge is 2.20. The Balaban J connectivity index is 1.70. The van der Waals surface area contributed by atoms with Crippen LogP contribution in [-0.2, 0) is 4.74 Å². The van der Waals surface area contributed by atoms with Crippen molar-refractivity contribution >= 4 is 5.91 Å². The second kappa shape index (κ2) is 5.92. The number of hydrogen-bond acceptors (Lipinski definition) is 3. The molecule has 2 aromatic rings. The maximum Gasteiger partial charge on any atom is 0.287 e. The quantitative estimate of drug-likeness (QED) is 0.930. The lowest BCUT2D eigenvalue weighted by Crippen LogP contribution is -2.31. The monoisotopic (exact) mass is 271 g/mol. The Bertz CT molecular complexity index is 570. The molecule has 3 rings (SSSR count). The van der Waals surface area contributed by atoms with E-state index in [9.17, 15) is 4.79 Å². The third-order valence-corrected chi connectivity index (χ3v) is 3.47. The summed E-state index contributed by atoms with van der Waals surface area (Å²) in [6, 6.07) is 11.6. The van der Waals surface area contributed by atoms with Gasteiger partial charge in [-0.15, -0.1) is 0 Å². The van der Waals surface area contributed by atoms with Gasteiger partial charge in [0.2, 0.25) is 0 Å². The molecule has 2 heterocycles. The van der Waals surface area contributed by atoms with Crippen LogP contribution < -0.4 is 5.32 Å². The summed E-state index contributed by atoms with van der Waals surface area (Å²) in [6.45, 7) is 1.32. The van der Waals surface area contributed by atoms with Gasteiger partial charge in [0.1, 0.15) is 0 Å². The van der Waals surface area contributed by atoms with Gasteiger partial charge < -0.3 is 14.5 Å². The molecule has 1 N–H and O–H groups in total. The van der Waals surface area contributed by atoms with Gasteiger partial charge in [0.25, 0.3) is 5.91 Å². The lowest BCUT2D eigenvalue weighted by Gasteiger charge is -2.10. The van der Waals surface area contributed by atoms with E-state index in [4.69, 9.17) is 9.15 Å². The molecule has 0 unspecified atom stereocenters. The average molecular weight is 271 g/mol. The normalized spacial score (nSPS) is 18.1. The smallest absolute Gasteiger partial charge is 0.287 e. The zero-order valence-corrected chi connectivity index (χ0v) is 11.2. The molecule has 1 aromatic heterocycles. The van der Waals surface area contributed by atoms with E-state index < -0.39 is 0 Å². The molecule has 1 aliphatic heterocycles. The third kappa shape index (κ3) is 2.75. The van der Waals surface area contributed by atoms with Gasteiger partial charge in [-0.3, -0.25) is 4.79 Å². The first-order valence-corrected chi connectivity index (χ1v) is 6.87. The van der Waals surface area contributed by atoms with Crippen molar-refractivity contribution in [3.8, 4) is 11.1 Å². The molecule has 104 valence electrons. The lowest BCUT2D eigenvalue weighted by molar-refractivity contribution is 0.0836. The van der Waals surface area contributed by atoms with E-state index >= 15 is 0 Å². The summed E-state index contributed by atoms with van der Waals surface area (Å²) in [5.74, 6) is 0.165. The number of amides is 1. The van der Waals surface area contributed by atoms with Crippen molar-refractivity contribution < 1.29 is 13.9 Å². The fourth-order valence-electron chi connectivity index (χ4n) is 2.42. The first kappa shape index (κ1) is 12.9. The maximum atomic E-state index is 12.2. The number of hydrogen-bond donors (Lipinski definition) is 1. The third-order valence-electron chi connectivity index (χ3n) is 3.47. The number of carbonyl (C=O) groups is 1. The molecular formula is C16H17NO3. The van der Waals surface area contributed by atoms with Gasteiger partial charge in [-0.1, -0.05) is 30.3 Å². The topological polar surface area (TPSA) is 51.5 Å². The van der Waals surface area contributed by atoms with E-state index in [-0.39, 0.29) is 12.0 Å². The highest BCUT2D eigenvalue weighted by molar-refractivity contribution is 5.98. The second-order valence-electron chi connectivity index (χ2n) is 4.87. The predicted molar refractivity (Wildman–Crippen MR) is 75.5 cm³/mol. The number of carbonyl (C=O) groups excluding carboxylic acids is 1. The summed E-state index contributed by atoms with van der Waals surface area (Å²) in [7, 11) is 0. The Labute approximate surface area is 117 Å². The lowest BCUT2D eigenvalue weighted by atomic mass is 10.1. The fraction of sp³-hybridized carbons (Fsp3) is 0.312. The van der Waals surface area contributed by atoms with Crippen molar-refractivity contribution in [1.29, 1.82) is 0 Å². The summed E-state index contributed by atoms with van der Waals surface area (Å²) in [5.41, 5.74) is 1.79. The summed E-state index contributed by atoms with van der Waals surface area (Å²) in [6.07, 6.45) is 3.75. The van der Waals surface area contributed by atoms with E-state index in [0.717, 1.165) is 30.6 Å². The summed E-state index contributed by atoms with van der Waals surface area (Å²) < 4.78 is 10.8. The highest BCUT2D eigenvalue weighted by atomic mass is 16.5. The zero-order chi connectivity index (χ0) is 13.8. The minimum absolute atomic E-state index is 0.133. The molecule has 1 atom stereocenters. The van der Waals surface area contributed by atoms with Gasteiger partial charge in [-0.25, -0.2) is 0 Å². The molecule has 1 aromatic carbocycles. The molecule has 1 fully saturated rings. The molecule has 1 amide bonds.